The highest BCUT2D eigenvalue weighted by Crippen LogP contribution is 2.01. The molecule has 0 aromatic carbocycles. The molecule has 0 aromatic rings. The van der Waals surface area contributed by atoms with Crippen LogP contribution in [0.15, 0.2) is 5.34 Å². The molecule has 62 valence electrons. The fourth-order valence-corrected chi connectivity index (χ4v) is 2.60. The molecule has 0 heterocycles. The molecule has 0 rings (SSSR count). The zero-order valence-electron chi connectivity index (χ0n) is 7.00. The minimum atomic E-state index is -0.171. The zero-order chi connectivity index (χ0) is 8.41. The van der Waals surface area contributed by atoms with Crippen molar-refractivity contribution >= 4 is 8.80 Å². The Hall–Kier alpha value is -0.383. The molecule has 0 radical (unpaired) electrons. The van der Waals surface area contributed by atoms with E-state index in [1.54, 1.807) is 0 Å². The SMILES string of the molecule is CC[SiH](CC)CC.O=NO. The van der Waals surface area contributed by atoms with Crippen molar-refractivity contribution in [1.82, 2.24) is 0 Å². The highest BCUT2D eigenvalue weighted by atomic mass is 28.3. The molecule has 0 aliphatic carbocycles. The molecule has 0 atom stereocenters. The van der Waals surface area contributed by atoms with Crippen LogP contribution in [0.25, 0.3) is 0 Å². The van der Waals surface area contributed by atoms with Crippen molar-refractivity contribution in [3.05, 3.63) is 4.91 Å². The normalized spacial score (nSPS) is 8.40. The summed E-state index contributed by atoms with van der Waals surface area (Å²) in [6.07, 6.45) is 0. The average Bonchev–Trinajstić information content (AvgIpc) is 1.93. The second-order valence-electron chi connectivity index (χ2n) is 2.17. The molecule has 0 unspecified atom stereocenters. The van der Waals surface area contributed by atoms with Crippen molar-refractivity contribution in [2.45, 2.75) is 38.9 Å². The average molecular weight is 163 g/mol. The number of nitrogens with zero attached hydrogens (tertiary/aromatic N) is 1. The fourth-order valence-electron chi connectivity index (χ4n) is 0.866. The van der Waals surface area contributed by atoms with Gasteiger partial charge in [0.1, 0.15) is 0 Å². The van der Waals surface area contributed by atoms with Gasteiger partial charge in [0.2, 0.25) is 0 Å². The van der Waals surface area contributed by atoms with Crippen LogP contribution >= 0.6 is 0 Å². The molecule has 1 N–H and O–H groups in total. The van der Waals surface area contributed by atoms with Gasteiger partial charge in [-0.3, -0.25) is 0 Å². The predicted molar refractivity (Wildman–Crippen MR) is 46.2 cm³/mol. The maximum Gasteiger partial charge on any atom is 0.152 e. The maximum absolute atomic E-state index is 8.11. The van der Waals surface area contributed by atoms with Crippen molar-refractivity contribution in [2.75, 3.05) is 0 Å². The third-order valence-electron chi connectivity index (χ3n) is 1.73. The van der Waals surface area contributed by atoms with Gasteiger partial charge in [-0.25, -0.2) is 0 Å². The minimum absolute atomic E-state index is 0.171. The first-order valence-corrected chi connectivity index (χ1v) is 6.18. The Bertz CT molecular complexity index is 61.3. The highest BCUT2D eigenvalue weighted by molar-refractivity contribution is 6.58. The Morgan fingerprint density at radius 1 is 1.20 bits per heavy atom. The zero-order valence-corrected chi connectivity index (χ0v) is 8.16. The number of hydrogen-bond donors (Lipinski definition) is 1. The molecule has 4 heteroatoms. The lowest BCUT2D eigenvalue weighted by molar-refractivity contribution is 0.312. The van der Waals surface area contributed by atoms with E-state index >= 15 is 0 Å². The Morgan fingerprint density at radius 2 is 1.40 bits per heavy atom. The molecule has 3 nitrogen and oxygen atoms in total. The molecule has 0 aromatic heterocycles. The van der Waals surface area contributed by atoms with E-state index in [0.717, 1.165) is 0 Å². The Morgan fingerprint density at radius 3 is 1.40 bits per heavy atom. The van der Waals surface area contributed by atoms with E-state index in [2.05, 4.69) is 20.8 Å². The van der Waals surface area contributed by atoms with Gasteiger partial charge in [-0.15, -0.1) is 4.91 Å². The largest absolute Gasteiger partial charge is 0.379 e. The molecule has 0 saturated heterocycles. The van der Waals surface area contributed by atoms with Crippen molar-refractivity contribution < 1.29 is 5.21 Å². The van der Waals surface area contributed by atoms with Crippen LogP contribution in [-0.4, -0.2) is 14.0 Å². The van der Waals surface area contributed by atoms with Gasteiger partial charge in [0.05, 0.1) is 0 Å². The summed E-state index contributed by atoms with van der Waals surface area (Å²) in [5.74, 6) is 0. The summed E-state index contributed by atoms with van der Waals surface area (Å²) < 4.78 is 0. The second kappa shape index (κ2) is 11.4. The lowest BCUT2D eigenvalue weighted by atomic mass is 10.9. The topological polar surface area (TPSA) is 49.7 Å². The molecule has 0 aliphatic rings. The summed E-state index contributed by atoms with van der Waals surface area (Å²) in [6.45, 7) is 6.97. The van der Waals surface area contributed by atoms with E-state index in [1.807, 2.05) is 0 Å². The van der Waals surface area contributed by atoms with Crippen LogP contribution in [0.3, 0.4) is 0 Å². The van der Waals surface area contributed by atoms with E-state index in [9.17, 15) is 0 Å². The highest BCUT2D eigenvalue weighted by Gasteiger charge is 1.98. The molecule has 0 spiro atoms. The first-order valence-electron chi connectivity index (χ1n) is 3.73. The van der Waals surface area contributed by atoms with E-state index in [4.69, 9.17) is 10.1 Å². The summed E-state index contributed by atoms with van der Waals surface area (Å²) in [5, 5.41) is 7.89. The van der Waals surface area contributed by atoms with Crippen LogP contribution < -0.4 is 0 Å². The minimum Gasteiger partial charge on any atom is -0.379 e. The van der Waals surface area contributed by atoms with Gasteiger partial charge in [-0.1, -0.05) is 38.9 Å². The third-order valence-corrected chi connectivity index (χ3v) is 5.20. The van der Waals surface area contributed by atoms with E-state index in [0.29, 0.717) is 0 Å². The van der Waals surface area contributed by atoms with Crippen molar-refractivity contribution in [3.63, 3.8) is 0 Å². The van der Waals surface area contributed by atoms with Crippen LogP contribution in [-0.2, 0) is 0 Å². The van der Waals surface area contributed by atoms with Crippen LogP contribution in [0.4, 0.5) is 0 Å². The Labute approximate surface area is 64.0 Å². The smallest absolute Gasteiger partial charge is 0.152 e. The van der Waals surface area contributed by atoms with Gasteiger partial charge in [-0.05, 0) is 0 Å². The van der Waals surface area contributed by atoms with E-state index < -0.39 is 0 Å². The van der Waals surface area contributed by atoms with E-state index in [-0.39, 0.29) is 8.80 Å². The molecule has 0 fully saturated rings. The molecular formula is C6H17NO2Si. The van der Waals surface area contributed by atoms with Gasteiger partial charge in [0.25, 0.3) is 0 Å². The second-order valence-corrected chi connectivity index (χ2v) is 6.35. The van der Waals surface area contributed by atoms with Gasteiger partial charge in [0, 0.05) is 8.80 Å². The molecule has 0 aliphatic heterocycles. The van der Waals surface area contributed by atoms with E-state index in [1.165, 1.54) is 23.5 Å². The van der Waals surface area contributed by atoms with Crippen LogP contribution in [0.2, 0.25) is 18.1 Å². The van der Waals surface area contributed by atoms with Crippen LogP contribution in [0.5, 0.6) is 0 Å². The summed E-state index contributed by atoms with van der Waals surface area (Å²) >= 11 is 0. The maximum atomic E-state index is 8.11. The third kappa shape index (κ3) is 10.6. The van der Waals surface area contributed by atoms with Crippen LogP contribution in [0.1, 0.15) is 20.8 Å². The first-order chi connectivity index (χ1) is 4.76. The van der Waals surface area contributed by atoms with Crippen molar-refractivity contribution in [1.29, 1.82) is 0 Å². The van der Waals surface area contributed by atoms with Gasteiger partial charge >= 0.3 is 0 Å². The number of rotatable bonds is 3. The summed E-state index contributed by atoms with van der Waals surface area (Å²) in [7, 11) is -0.171. The monoisotopic (exact) mass is 163 g/mol. The molecule has 0 saturated carbocycles. The van der Waals surface area contributed by atoms with Gasteiger partial charge < -0.3 is 5.21 Å². The summed E-state index contributed by atoms with van der Waals surface area (Å²) in [6, 6.07) is 4.48. The van der Waals surface area contributed by atoms with Gasteiger partial charge in [-0.2, -0.15) is 0 Å². The number of hydrogen-bond acceptors (Lipinski definition) is 2. The Kier molecular flexibility index (Phi) is 14.1. The lowest BCUT2D eigenvalue weighted by Gasteiger charge is -2.03. The standard InChI is InChI=1S/C6H16Si.HNO2/c1-4-7(5-2)6-3;2-1-3/h7H,4-6H2,1-3H3;(H,2,3). The fraction of sp³-hybridized carbons (Fsp3) is 1.00. The first kappa shape index (κ1) is 12.3. The molecular weight excluding hydrogens is 146 g/mol. The molecule has 10 heavy (non-hydrogen) atoms. The molecule has 0 amide bonds. The lowest BCUT2D eigenvalue weighted by Crippen LogP contribution is -2.04. The van der Waals surface area contributed by atoms with Crippen LogP contribution in [0, 0.1) is 4.91 Å². The van der Waals surface area contributed by atoms with Gasteiger partial charge in [0.15, 0.2) is 5.34 Å². The summed E-state index contributed by atoms with van der Waals surface area (Å²) in [4.78, 5) is 8.11. The quantitative estimate of drug-likeness (QED) is 0.394. The Balaban J connectivity index is 0. The summed E-state index contributed by atoms with van der Waals surface area (Å²) in [5.41, 5.74) is 0. The molecule has 0 bridgehead atoms. The van der Waals surface area contributed by atoms with Crippen molar-refractivity contribution in [2.24, 2.45) is 5.34 Å². The van der Waals surface area contributed by atoms with Crippen molar-refractivity contribution in [3.8, 4) is 0 Å². The predicted octanol–water partition coefficient (Wildman–Crippen LogP) is 2.42.